The molecule has 0 spiro atoms. The zero-order chi connectivity index (χ0) is 15.2. The van der Waals surface area contributed by atoms with Crippen molar-refractivity contribution in [1.29, 1.82) is 0 Å². The fraction of sp³-hybridized carbons (Fsp3) is 0.308. The van der Waals surface area contributed by atoms with Crippen LogP contribution >= 0.6 is 23.1 Å². The molecule has 1 unspecified atom stereocenters. The molecule has 1 heterocycles. The van der Waals surface area contributed by atoms with E-state index in [9.17, 15) is 4.79 Å². The van der Waals surface area contributed by atoms with Crippen molar-refractivity contribution < 1.29 is 14.3 Å². The van der Waals surface area contributed by atoms with Crippen LogP contribution < -0.4 is 14.8 Å². The van der Waals surface area contributed by atoms with Crippen molar-refractivity contribution in [3.63, 3.8) is 0 Å². The average Bonchev–Trinajstić information content (AvgIpc) is 2.99. The number of nitrogens with zero attached hydrogens (tertiary/aromatic N) is 2. The molecule has 2 rings (SSSR count). The molecular formula is C13H15N3O3S2. The van der Waals surface area contributed by atoms with Crippen LogP contribution in [-0.2, 0) is 4.79 Å². The zero-order valence-corrected chi connectivity index (χ0v) is 13.5. The van der Waals surface area contributed by atoms with Crippen molar-refractivity contribution >= 4 is 34.7 Å². The number of rotatable bonds is 6. The van der Waals surface area contributed by atoms with E-state index in [0.717, 1.165) is 4.34 Å². The summed E-state index contributed by atoms with van der Waals surface area (Å²) in [5.41, 5.74) is 2.21. The first kappa shape index (κ1) is 15.6. The Kier molecular flexibility index (Phi) is 5.40. The molecule has 0 saturated heterocycles. The topological polar surface area (TPSA) is 73.3 Å². The number of nitrogens with one attached hydrogen (secondary N) is 1. The van der Waals surface area contributed by atoms with Gasteiger partial charge in [-0.15, -0.1) is 10.2 Å². The van der Waals surface area contributed by atoms with Gasteiger partial charge in [-0.2, -0.15) is 0 Å². The predicted octanol–water partition coefficient (Wildman–Crippen LogP) is 2.67. The fourth-order valence-corrected chi connectivity index (χ4v) is 3.19. The van der Waals surface area contributed by atoms with Gasteiger partial charge in [0.05, 0.1) is 25.2 Å². The van der Waals surface area contributed by atoms with E-state index in [2.05, 4.69) is 15.5 Å². The highest BCUT2D eigenvalue weighted by Gasteiger charge is 2.18. The van der Waals surface area contributed by atoms with Crippen LogP contribution in [0.1, 0.15) is 6.92 Å². The Balaban J connectivity index is 2.07. The van der Waals surface area contributed by atoms with E-state index < -0.39 is 0 Å². The molecule has 1 aromatic carbocycles. The lowest BCUT2D eigenvalue weighted by Crippen LogP contribution is -2.22. The van der Waals surface area contributed by atoms with Gasteiger partial charge in [0.2, 0.25) is 5.91 Å². The number of benzene rings is 1. The van der Waals surface area contributed by atoms with Gasteiger partial charge in [0.15, 0.2) is 4.34 Å². The van der Waals surface area contributed by atoms with E-state index in [1.165, 1.54) is 23.1 Å². The lowest BCUT2D eigenvalue weighted by molar-refractivity contribution is -0.115. The Hall–Kier alpha value is -1.80. The molecule has 0 fully saturated rings. The first-order valence-electron chi connectivity index (χ1n) is 6.09. The van der Waals surface area contributed by atoms with Crippen LogP contribution in [0.5, 0.6) is 11.5 Å². The molecule has 1 atom stereocenters. The summed E-state index contributed by atoms with van der Waals surface area (Å²) in [6.07, 6.45) is 0. The fourth-order valence-electron chi connectivity index (χ4n) is 1.57. The second-order valence-electron chi connectivity index (χ2n) is 4.02. The van der Waals surface area contributed by atoms with Gasteiger partial charge in [-0.3, -0.25) is 4.79 Å². The summed E-state index contributed by atoms with van der Waals surface area (Å²) in [4.78, 5) is 12.2. The molecule has 0 bridgehead atoms. The van der Waals surface area contributed by atoms with Crippen molar-refractivity contribution in [1.82, 2.24) is 10.2 Å². The third-order valence-electron chi connectivity index (χ3n) is 2.65. The Bertz CT molecular complexity index is 605. The summed E-state index contributed by atoms with van der Waals surface area (Å²) in [6.45, 7) is 1.81. The number of hydrogen-bond donors (Lipinski definition) is 1. The quantitative estimate of drug-likeness (QED) is 0.823. The maximum Gasteiger partial charge on any atom is 0.237 e. The molecule has 1 N–H and O–H groups in total. The van der Waals surface area contributed by atoms with Gasteiger partial charge in [0, 0.05) is 6.07 Å². The second-order valence-corrected chi connectivity index (χ2v) is 6.44. The number of carbonyl (C=O) groups is 1. The first-order valence-corrected chi connectivity index (χ1v) is 7.85. The molecule has 0 radical (unpaired) electrons. The maximum atomic E-state index is 12.2. The Morgan fingerprint density at radius 1 is 1.38 bits per heavy atom. The van der Waals surface area contributed by atoms with Gasteiger partial charge >= 0.3 is 0 Å². The van der Waals surface area contributed by atoms with Gasteiger partial charge in [0.1, 0.15) is 17.0 Å². The molecule has 1 amide bonds. The van der Waals surface area contributed by atoms with Crippen LogP contribution in [0.4, 0.5) is 5.69 Å². The summed E-state index contributed by atoms with van der Waals surface area (Å²) in [5.74, 6) is 1.09. The van der Waals surface area contributed by atoms with E-state index in [0.29, 0.717) is 17.2 Å². The summed E-state index contributed by atoms with van der Waals surface area (Å²) in [5, 5.41) is 10.2. The third-order valence-corrected chi connectivity index (χ3v) is 4.56. The number of thioether (sulfide) groups is 1. The molecule has 2 aromatic rings. The number of amides is 1. The molecule has 21 heavy (non-hydrogen) atoms. The van der Waals surface area contributed by atoms with Crippen molar-refractivity contribution in [2.45, 2.75) is 16.5 Å². The number of carbonyl (C=O) groups excluding carboxylic acids is 1. The van der Waals surface area contributed by atoms with Crippen LogP contribution in [0.2, 0.25) is 0 Å². The number of hydrogen-bond acceptors (Lipinski definition) is 7. The van der Waals surface area contributed by atoms with E-state index in [1.807, 2.05) is 6.92 Å². The van der Waals surface area contributed by atoms with E-state index in [-0.39, 0.29) is 11.2 Å². The molecular weight excluding hydrogens is 310 g/mol. The highest BCUT2D eigenvalue weighted by atomic mass is 32.2. The van der Waals surface area contributed by atoms with Crippen LogP contribution in [0.25, 0.3) is 0 Å². The van der Waals surface area contributed by atoms with Crippen molar-refractivity contribution in [3.05, 3.63) is 23.7 Å². The number of aromatic nitrogens is 2. The summed E-state index contributed by atoms with van der Waals surface area (Å²) < 4.78 is 11.1. The highest BCUT2D eigenvalue weighted by molar-refractivity contribution is 8.02. The summed E-state index contributed by atoms with van der Waals surface area (Å²) >= 11 is 2.77. The molecule has 0 aliphatic carbocycles. The monoisotopic (exact) mass is 325 g/mol. The van der Waals surface area contributed by atoms with Crippen molar-refractivity contribution in [3.8, 4) is 11.5 Å². The zero-order valence-electron chi connectivity index (χ0n) is 11.8. The number of anilines is 1. The lowest BCUT2D eigenvalue weighted by atomic mass is 10.2. The molecule has 6 nitrogen and oxygen atoms in total. The highest BCUT2D eigenvalue weighted by Crippen LogP contribution is 2.30. The van der Waals surface area contributed by atoms with Gasteiger partial charge in [-0.1, -0.05) is 23.1 Å². The van der Waals surface area contributed by atoms with Crippen molar-refractivity contribution in [2.24, 2.45) is 0 Å². The Labute approximate surface area is 130 Å². The Morgan fingerprint density at radius 3 is 2.81 bits per heavy atom. The van der Waals surface area contributed by atoms with E-state index in [4.69, 9.17) is 9.47 Å². The van der Waals surface area contributed by atoms with Gasteiger partial charge in [-0.05, 0) is 19.1 Å². The maximum absolute atomic E-state index is 12.2. The molecule has 0 saturated carbocycles. The largest absolute Gasteiger partial charge is 0.497 e. The third kappa shape index (κ3) is 4.08. The molecule has 0 aliphatic rings. The molecule has 8 heteroatoms. The van der Waals surface area contributed by atoms with Crippen LogP contribution in [0, 0.1) is 0 Å². The van der Waals surface area contributed by atoms with Crippen LogP contribution in [0.3, 0.4) is 0 Å². The number of ether oxygens (including phenoxy) is 2. The van der Waals surface area contributed by atoms with Gasteiger partial charge in [-0.25, -0.2) is 0 Å². The van der Waals surface area contributed by atoms with Crippen molar-refractivity contribution in [2.75, 3.05) is 19.5 Å². The Morgan fingerprint density at radius 2 is 2.19 bits per heavy atom. The van der Waals surface area contributed by atoms with E-state index >= 15 is 0 Å². The minimum absolute atomic E-state index is 0.137. The normalized spacial score (nSPS) is 11.8. The summed E-state index contributed by atoms with van der Waals surface area (Å²) in [7, 11) is 3.12. The predicted molar refractivity (Wildman–Crippen MR) is 83.4 cm³/mol. The number of methoxy groups -OCH3 is 2. The molecule has 112 valence electrons. The second kappa shape index (κ2) is 7.28. The van der Waals surface area contributed by atoms with Crippen LogP contribution in [-0.4, -0.2) is 35.6 Å². The standard InChI is InChI=1S/C13H15N3O3S2/c1-8(21-13-16-14-7-20-13)12(17)15-10-6-9(18-2)4-5-11(10)19-3/h4-8H,1-3H3,(H,15,17). The van der Waals surface area contributed by atoms with Gasteiger partial charge in [0.25, 0.3) is 0 Å². The smallest absolute Gasteiger partial charge is 0.237 e. The summed E-state index contributed by atoms with van der Waals surface area (Å²) in [6, 6.07) is 5.24. The first-order chi connectivity index (χ1) is 10.1. The van der Waals surface area contributed by atoms with Gasteiger partial charge < -0.3 is 14.8 Å². The van der Waals surface area contributed by atoms with Crippen LogP contribution in [0.15, 0.2) is 28.0 Å². The SMILES string of the molecule is COc1ccc(OC)c(NC(=O)C(C)Sc2nncs2)c1. The molecule has 0 aliphatic heterocycles. The lowest BCUT2D eigenvalue weighted by Gasteiger charge is -2.14. The average molecular weight is 325 g/mol. The van der Waals surface area contributed by atoms with E-state index in [1.54, 1.807) is 37.9 Å². The minimum atomic E-state index is -0.297. The minimum Gasteiger partial charge on any atom is -0.497 e. The molecule has 1 aromatic heterocycles.